The maximum absolute atomic E-state index is 12.9. The molecule has 1 amide bonds. The van der Waals surface area contributed by atoms with Crippen molar-refractivity contribution in [2.45, 2.75) is 31.5 Å². The number of anilines is 2. The number of nitrogens with one attached hydrogen (secondary N) is 1. The van der Waals surface area contributed by atoms with Crippen LogP contribution in [0.4, 0.5) is 11.1 Å². The van der Waals surface area contributed by atoms with Crippen LogP contribution in [0.25, 0.3) is 10.2 Å². The van der Waals surface area contributed by atoms with E-state index < -0.39 is 6.04 Å². The predicted molar refractivity (Wildman–Crippen MR) is 114 cm³/mol. The van der Waals surface area contributed by atoms with Gasteiger partial charge in [0.05, 0.1) is 22.6 Å². The van der Waals surface area contributed by atoms with Crippen LogP contribution in [0.5, 0.6) is 0 Å². The SMILES string of the molecule is CCOC(=O)CSc1nnc(N)n1C(CC)C(=O)Nc1nc2ccc(Cl)cc2s1. The topological polar surface area (TPSA) is 125 Å². The summed E-state index contributed by atoms with van der Waals surface area (Å²) in [5.41, 5.74) is 6.69. The zero-order valence-corrected chi connectivity index (χ0v) is 18.1. The van der Waals surface area contributed by atoms with Gasteiger partial charge in [-0.3, -0.25) is 14.2 Å². The summed E-state index contributed by atoms with van der Waals surface area (Å²) in [7, 11) is 0. The van der Waals surface area contributed by atoms with Gasteiger partial charge in [0.2, 0.25) is 11.9 Å². The number of hydrogen-bond donors (Lipinski definition) is 2. The molecule has 0 aliphatic heterocycles. The van der Waals surface area contributed by atoms with E-state index >= 15 is 0 Å². The lowest BCUT2D eigenvalue weighted by molar-refractivity contribution is -0.139. The van der Waals surface area contributed by atoms with Crippen molar-refractivity contribution < 1.29 is 14.3 Å². The number of nitrogen functional groups attached to an aromatic ring is 1. The van der Waals surface area contributed by atoms with Gasteiger partial charge in [0.25, 0.3) is 0 Å². The number of nitrogens with zero attached hydrogens (tertiary/aromatic N) is 4. The number of thioether (sulfide) groups is 1. The zero-order valence-electron chi connectivity index (χ0n) is 15.7. The molecule has 9 nitrogen and oxygen atoms in total. The van der Waals surface area contributed by atoms with E-state index in [1.54, 1.807) is 25.1 Å². The lowest BCUT2D eigenvalue weighted by Gasteiger charge is -2.18. The number of fused-ring (bicyclic) bond motifs is 1. The van der Waals surface area contributed by atoms with Gasteiger partial charge in [-0.25, -0.2) is 4.98 Å². The first-order chi connectivity index (χ1) is 13.9. The van der Waals surface area contributed by atoms with Gasteiger partial charge in [0.1, 0.15) is 6.04 Å². The molecular weight excluding hydrogens is 436 g/mol. The number of ether oxygens (including phenoxy) is 1. The zero-order chi connectivity index (χ0) is 21.0. The maximum atomic E-state index is 12.9. The van der Waals surface area contributed by atoms with E-state index in [9.17, 15) is 9.59 Å². The molecule has 2 aromatic heterocycles. The third-order valence-electron chi connectivity index (χ3n) is 3.90. The van der Waals surface area contributed by atoms with Gasteiger partial charge in [-0.15, -0.1) is 10.2 Å². The van der Waals surface area contributed by atoms with Gasteiger partial charge in [-0.05, 0) is 31.5 Å². The molecule has 0 fully saturated rings. The highest BCUT2D eigenvalue weighted by molar-refractivity contribution is 7.99. The molecule has 3 aromatic rings. The largest absolute Gasteiger partial charge is 0.465 e. The van der Waals surface area contributed by atoms with Crippen molar-refractivity contribution >= 4 is 67.9 Å². The second-order valence-electron chi connectivity index (χ2n) is 5.85. The minimum absolute atomic E-state index is 0.0443. The lowest BCUT2D eigenvalue weighted by atomic mass is 10.2. The minimum Gasteiger partial charge on any atom is -0.465 e. The summed E-state index contributed by atoms with van der Waals surface area (Å²) < 4.78 is 7.30. The average Bonchev–Trinajstić information content (AvgIpc) is 3.24. The molecule has 12 heteroatoms. The molecule has 0 spiro atoms. The van der Waals surface area contributed by atoms with Crippen LogP contribution >= 0.6 is 34.7 Å². The Balaban J connectivity index is 1.78. The second kappa shape index (κ2) is 9.42. The number of halogens is 1. The highest BCUT2D eigenvalue weighted by Gasteiger charge is 2.26. The van der Waals surface area contributed by atoms with Crippen LogP contribution in [0.15, 0.2) is 23.4 Å². The molecular formula is C17H19ClN6O3S2. The van der Waals surface area contributed by atoms with Crippen molar-refractivity contribution in [1.82, 2.24) is 19.7 Å². The number of thiazole rings is 1. The third-order valence-corrected chi connectivity index (χ3v) is 5.98. The Morgan fingerprint density at radius 1 is 1.38 bits per heavy atom. The molecule has 3 rings (SSSR count). The van der Waals surface area contributed by atoms with E-state index in [4.69, 9.17) is 22.1 Å². The average molecular weight is 455 g/mol. The molecule has 2 heterocycles. The number of carbonyl (C=O) groups is 2. The smallest absolute Gasteiger partial charge is 0.316 e. The highest BCUT2D eigenvalue weighted by Crippen LogP contribution is 2.30. The van der Waals surface area contributed by atoms with Crippen molar-refractivity contribution in [3.8, 4) is 0 Å². The van der Waals surface area contributed by atoms with E-state index in [1.807, 2.05) is 6.92 Å². The Hall–Kier alpha value is -2.37. The van der Waals surface area contributed by atoms with Gasteiger partial charge in [0.15, 0.2) is 10.3 Å². The number of amides is 1. The number of rotatable bonds is 8. The Kier molecular flexibility index (Phi) is 6.93. The van der Waals surface area contributed by atoms with E-state index in [0.29, 0.717) is 28.3 Å². The number of carbonyl (C=O) groups excluding carboxylic acids is 2. The first-order valence-electron chi connectivity index (χ1n) is 8.78. The predicted octanol–water partition coefficient (Wildman–Crippen LogP) is 3.37. The molecule has 1 atom stereocenters. The van der Waals surface area contributed by atoms with E-state index in [0.717, 1.165) is 22.0 Å². The summed E-state index contributed by atoms with van der Waals surface area (Å²) in [4.78, 5) is 29.0. The summed E-state index contributed by atoms with van der Waals surface area (Å²) in [6.45, 7) is 3.87. The Morgan fingerprint density at radius 2 is 2.17 bits per heavy atom. The molecule has 1 aromatic carbocycles. The van der Waals surface area contributed by atoms with Crippen LogP contribution in [0, 0.1) is 0 Å². The molecule has 0 bridgehead atoms. The van der Waals surface area contributed by atoms with Crippen molar-refractivity contribution in [3.05, 3.63) is 23.2 Å². The normalized spacial score (nSPS) is 12.1. The van der Waals surface area contributed by atoms with Gasteiger partial charge in [-0.1, -0.05) is 41.6 Å². The van der Waals surface area contributed by atoms with Crippen molar-refractivity contribution in [2.75, 3.05) is 23.4 Å². The summed E-state index contributed by atoms with van der Waals surface area (Å²) in [6, 6.07) is 4.67. The molecule has 0 saturated heterocycles. The second-order valence-corrected chi connectivity index (χ2v) is 8.26. The van der Waals surface area contributed by atoms with E-state index in [2.05, 4.69) is 20.5 Å². The molecule has 154 valence electrons. The molecule has 0 saturated carbocycles. The summed E-state index contributed by atoms with van der Waals surface area (Å²) in [6.07, 6.45) is 0.442. The number of nitrogens with two attached hydrogens (primary N) is 1. The summed E-state index contributed by atoms with van der Waals surface area (Å²) >= 11 is 8.45. The molecule has 0 aliphatic carbocycles. The fourth-order valence-corrected chi connectivity index (χ4v) is 4.57. The Bertz CT molecular complexity index is 1040. The van der Waals surface area contributed by atoms with Crippen LogP contribution < -0.4 is 11.1 Å². The number of esters is 1. The van der Waals surface area contributed by atoms with Gasteiger partial charge >= 0.3 is 5.97 Å². The Morgan fingerprint density at radius 3 is 2.90 bits per heavy atom. The van der Waals surface area contributed by atoms with Gasteiger partial charge in [-0.2, -0.15) is 0 Å². The van der Waals surface area contributed by atoms with Crippen molar-refractivity contribution in [3.63, 3.8) is 0 Å². The number of aromatic nitrogens is 4. The maximum Gasteiger partial charge on any atom is 0.316 e. The van der Waals surface area contributed by atoms with Crippen LogP contribution in [0.1, 0.15) is 26.3 Å². The quantitative estimate of drug-likeness (QED) is 0.392. The van der Waals surface area contributed by atoms with E-state index in [1.165, 1.54) is 15.9 Å². The molecule has 29 heavy (non-hydrogen) atoms. The summed E-state index contributed by atoms with van der Waals surface area (Å²) in [5.74, 6) is -0.546. The monoisotopic (exact) mass is 454 g/mol. The van der Waals surface area contributed by atoms with Crippen molar-refractivity contribution in [1.29, 1.82) is 0 Å². The highest BCUT2D eigenvalue weighted by atomic mass is 35.5. The van der Waals surface area contributed by atoms with Crippen LogP contribution in [0.3, 0.4) is 0 Å². The molecule has 0 radical (unpaired) electrons. The first-order valence-corrected chi connectivity index (χ1v) is 11.0. The van der Waals surface area contributed by atoms with Crippen LogP contribution in [0.2, 0.25) is 5.02 Å². The molecule has 1 unspecified atom stereocenters. The van der Waals surface area contributed by atoms with E-state index in [-0.39, 0.29) is 23.6 Å². The standard InChI is InChI=1S/C17H19ClN6O3S2/c1-3-11(24-15(19)22-23-17(24)28-8-13(25)27-4-2)14(26)21-16-20-10-6-5-9(18)7-12(10)29-16/h5-7,11H,3-4,8H2,1-2H3,(H2,19,22)(H,20,21,26). The van der Waals surface area contributed by atoms with Gasteiger partial charge < -0.3 is 15.8 Å². The van der Waals surface area contributed by atoms with Crippen LogP contribution in [-0.2, 0) is 14.3 Å². The first kappa shape index (κ1) is 21.3. The Labute approximate surface area is 180 Å². The lowest BCUT2D eigenvalue weighted by Crippen LogP contribution is -2.27. The fraction of sp³-hybridized carbons (Fsp3) is 0.353. The third kappa shape index (κ3) is 4.98. The van der Waals surface area contributed by atoms with Crippen molar-refractivity contribution in [2.24, 2.45) is 0 Å². The van der Waals surface area contributed by atoms with Gasteiger partial charge in [0, 0.05) is 5.02 Å². The summed E-state index contributed by atoms with van der Waals surface area (Å²) in [5, 5.41) is 12.1. The molecule has 3 N–H and O–H groups in total. The molecule has 0 aliphatic rings. The fourth-order valence-electron chi connectivity index (χ4n) is 2.63. The number of benzene rings is 1. The van der Waals surface area contributed by atoms with Crippen LogP contribution in [-0.4, -0.2) is 44.0 Å². The minimum atomic E-state index is -0.662. The number of hydrogen-bond acceptors (Lipinski definition) is 9.